The number of pyridine rings is 1. The van der Waals surface area contributed by atoms with Crippen LogP contribution in [-0.2, 0) is 7.05 Å². The first-order valence-electron chi connectivity index (χ1n) is 4.88. The quantitative estimate of drug-likeness (QED) is 0.674. The molecule has 3 heterocycles. The lowest BCUT2D eigenvalue weighted by Crippen LogP contribution is -2.38. The zero-order valence-corrected chi connectivity index (χ0v) is 8.14. The molecule has 0 atom stereocenters. The molecule has 1 aliphatic rings. The Labute approximate surface area is 82.2 Å². The van der Waals surface area contributed by atoms with Gasteiger partial charge in [0.2, 0.25) is 5.95 Å². The van der Waals surface area contributed by atoms with Crippen LogP contribution in [0.3, 0.4) is 0 Å². The molecule has 0 aliphatic carbocycles. The standard InChI is InChI=1S/C10H12N4/c1-13-9-8(4-2-5-11-9)12-10(13)14-6-3-7-14/h2,4-5H,3,6-7H2,1H3. The van der Waals surface area contributed by atoms with E-state index in [9.17, 15) is 0 Å². The predicted octanol–water partition coefficient (Wildman–Crippen LogP) is 1.18. The van der Waals surface area contributed by atoms with Gasteiger partial charge in [-0.05, 0) is 18.6 Å². The fourth-order valence-corrected chi connectivity index (χ4v) is 1.81. The maximum absolute atomic E-state index is 4.56. The SMILES string of the molecule is Cn1c(N2CCC2)nc2cccnc21. The minimum atomic E-state index is 0.967. The summed E-state index contributed by atoms with van der Waals surface area (Å²) in [6, 6.07) is 3.93. The van der Waals surface area contributed by atoms with Gasteiger partial charge in [-0.1, -0.05) is 0 Å². The van der Waals surface area contributed by atoms with Crippen LogP contribution in [0.15, 0.2) is 18.3 Å². The zero-order chi connectivity index (χ0) is 9.54. The van der Waals surface area contributed by atoms with Crippen molar-refractivity contribution in [3.8, 4) is 0 Å². The van der Waals surface area contributed by atoms with E-state index in [4.69, 9.17) is 0 Å². The van der Waals surface area contributed by atoms with Crippen molar-refractivity contribution in [1.82, 2.24) is 14.5 Å². The first-order chi connectivity index (χ1) is 6.86. The number of aromatic nitrogens is 3. The number of hydrogen-bond donors (Lipinski definition) is 0. The molecule has 0 N–H and O–H groups in total. The Balaban J connectivity index is 2.19. The molecule has 0 unspecified atom stereocenters. The van der Waals surface area contributed by atoms with E-state index in [1.54, 1.807) is 0 Å². The van der Waals surface area contributed by atoms with Crippen LogP contribution in [0.25, 0.3) is 11.2 Å². The molecule has 0 saturated carbocycles. The molecule has 0 radical (unpaired) electrons. The highest BCUT2D eigenvalue weighted by molar-refractivity contribution is 5.74. The van der Waals surface area contributed by atoms with Gasteiger partial charge in [-0.15, -0.1) is 0 Å². The van der Waals surface area contributed by atoms with Crippen molar-refractivity contribution in [3.05, 3.63) is 18.3 Å². The second kappa shape index (κ2) is 2.70. The molecule has 1 fully saturated rings. The van der Waals surface area contributed by atoms with E-state index >= 15 is 0 Å². The third-order valence-electron chi connectivity index (χ3n) is 2.74. The van der Waals surface area contributed by atoms with Gasteiger partial charge in [-0.2, -0.15) is 0 Å². The molecule has 0 aromatic carbocycles. The van der Waals surface area contributed by atoms with Crippen LogP contribution < -0.4 is 4.90 Å². The molecule has 2 aromatic rings. The Morgan fingerprint density at radius 1 is 1.36 bits per heavy atom. The number of fused-ring (bicyclic) bond motifs is 1. The van der Waals surface area contributed by atoms with Crippen LogP contribution in [0.1, 0.15) is 6.42 Å². The van der Waals surface area contributed by atoms with Gasteiger partial charge in [0.25, 0.3) is 0 Å². The fraction of sp³-hybridized carbons (Fsp3) is 0.400. The predicted molar refractivity (Wildman–Crippen MR) is 55.3 cm³/mol. The monoisotopic (exact) mass is 188 g/mol. The number of anilines is 1. The second-order valence-electron chi connectivity index (χ2n) is 3.66. The minimum Gasteiger partial charge on any atom is -0.342 e. The van der Waals surface area contributed by atoms with Gasteiger partial charge in [0.15, 0.2) is 5.65 Å². The number of imidazole rings is 1. The summed E-state index contributed by atoms with van der Waals surface area (Å²) in [5, 5.41) is 0. The molecule has 14 heavy (non-hydrogen) atoms. The summed E-state index contributed by atoms with van der Waals surface area (Å²) < 4.78 is 2.06. The van der Waals surface area contributed by atoms with Gasteiger partial charge in [-0.3, -0.25) is 4.57 Å². The van der Waals surface area contributed by atoms with E-state index in [1.165, 1.54) is 6.42 Å². The third-order valence-corrected chi connectivity index (χ3v) is 2.74. The van der Waals surface area contributed by atoms with E-state index in [-0.39, 0.29) is 0 Å². The van der Waals surface area contributed by atoms with Gasteiger partial charge < -0.3 is 4.90 Å². The molecule has 4 heteroatoms. The maximum Gasteiger partial charge on any atom is 0.207 e. The summed E-state index contributed by atoms with van der Waals surface area (Å²) in [4.78, 5) is 11.2. The van der Waals surface area contributed by atoms with Crippen molar-refractivity contribution in [2.75, 3.05) is 18.0 Å². The van der Waals surface area contributed by atoms with Crippen molar-refractivity contribution in [1.29, 1.82) is 0 Å². The lowest BCUT2D eigenvalue weighted by atomic mass is 10.2. The summed E-state index contributed by atoms with van der Waals surface area (Å²) in [7, 11) is 2.02. The van der Waals surface area contributed by atoms with Gasteiger partial charge in [0.05, 0.1) is 0 Å². The first kappa shape index (κ1) is 7.79. The number of hydrogen-bond acceptors (Lipinski definition) is 3. The number of aryl methyl sites for hydroxylation is 1. The topological polar surface area (TPSA) is 34.0 Å². The molecule has 0 amide bonds. The average molecular weight is 188 g/mol. The van der Waals surface area contributed by atoms with Crippen LogP contribution in [0.4, 0.5) is 5.95 Å². The van der Waals surface area contributed by atoms with E-state index in [0.29, 0.717) is 0 Å². The molecular formula is C10H12N4. The lowest BCUT2D eigenvalue weighted by Gasteiger charge is -2.31. The highest BCUT2D eigenvalue weighted by atomic mass is 15.3. The average Bonchev–Trinajstić information content (AvgIpc) is 2.43. The zero-order valence-electron chi connectivity index (χ0n) is 8.14. The Morgan fingerprint density at radius 2 is 2.21 bits per heavy atom. The smallest absolute Gasteiger partial charge is 0.207 e. The van der Waals surface area contributed by atoms with E-state index in [2.05, 4.69) is 19.4 Å². The molecule has 1 saturated heterocycles. The molecule has 3 rings (SSSR count). The van der Waals surface area contributed by atoms with Crippen LogP contribution in [0.2, 0.25) is 0 Å². The van der Waals surface area contributed by atoms with E-state index in [0.717, 1.165) is 30.2 Å². The molecule has 0 spiro atoms. The second-order valence-corrected chi connectivity index (χ2v) is 3.66. The lowest BCUT2D eigenvalue weighted by molar-refractivity contribution is 0.591. The van der Waals surface area contributed by atoms with Crippen LogP contribution in [0.5, 0.6) is 0 Å². The van der Waals surface area contributed by atoms with Crippen molar-refractivity contribution in [3.63, 3.8) is 0 Å². The summed E-state index contributed by atoms with van der Waals surface area (Å²) in [6.45, 7) is 2.24. The van der Waals surface area contributed by atoms with Gasteiger partial charge in [0.1, 0.15) is 5.52 Å². The van der Waals surface area contributed by atoms with Gasteiger partial charge in [0, 0.05) is 26.3 Å². The van der Waals surface area contributed by atoms with Crippen molar-refractivity contribution in [2.24, 2.45) is 7.05 Å². The Kier molecular flexibility index (Phi) is 1.50. The molecule has 1 aliphatic heterocycles. The van der Waals surface area contributed by atoms with Gasteiger partial charge in [-0.25, -0.2) is 9.97 Å². The fourth-order valence-electron chi connectivity index (χ4n) is 1.81. The molecule has 0 bridgehead atoms. The highest BCUT2D eigenvalue weighted by Crippen LogP contribution is 2.22. The number of rotatable bonds is 1. The highest BCUT2D eigenvalue weighted by Gasteiger charge is 2.20. The largest absolute Gasteiger partial charge is 0.342 e. The summed E-state index contributed by atoms with van der Waals surface area (Å²) in [6.07, 6.45) is 3.08. The number of nitrogens with zero attached hydrogens (tertiary/aromatic N) is 4. The van der Waals surface area contributed by atoms with Crippen molar-refractivity contribution < 1.29 is 0 Å². The van der Waals surface area contributed by atoms with Gasteiger partial charge >= 0.3 is 0 Å². The van der Waals surface area contributed by atoms with Crippen molar-refractivity contribution in [2.45, 2.75) is 6.42 Å². The molecule has 4 nitrogen and oxygen atoms in total. The summed E-state index contributed by atoms with van der Waals surface area (Å²) >= 11 is 0. The Morgan fingerprint density at radius 3 is 2.86 bits per heavy atom. The third kappa shape index (κ3) is 0.937. The summed E-state index contributed by atoms with van der Waals surface area (Å²) in [5.41, 5.74) is 1.95. The molecule has 72 valence electrons. The Hall–Kier alpha value is -1.58. The maximum atomic E-state index is 4.56. The van der Waals surface area contributed by atoms with Crippen molar-refractivity contribution >= 4 is 17.1 Å². The van der Waals surface area contributed by atoms with E-state index < -0.39 is 0 Å². The molecular weight excluding hydrogens is 176 g/mol. The summed E-state index contributed by atoms with van der Waals surface area (Å²) in [5.74, 6) is 1.05. The molecule has 2 aromatic heterocycles. The van der Waals surface area contributed by atoms with E-state index in [1.807, 2.05) is 25.4 Å². The first-order valence-corrected chi connectivity index (χ1v) is 4.88. The minimum absolute atomic E-state index is 0.967. The van der Waals surface area contributed by atoms with Crippen LogP contribution in [0, 0.1) is 0 Å². The normalized spacial score (nSPS) is 15.9. The van der Waals surface area contributed by atoms with Crippen LogP contribution >= 0.6 is 0 Å². The van der Waals surface area contributed by atoms with Crippen LogP contribution in [-0.4, -0.2) is 27.6 Å². The Bertz CT molecular complexity index is 470.